The van der Waals surface area contributed by atoms with Crippen molar-refractivity contribution < 1.29 is 24.5 Å². The Hall–Kier alpha value is -1.92. The number of nitrogens with one attached hydrogen (secondary N) is 1. The summed E-state index contributed by atoms with van der Waals surface area (Å²) in [6, 6.07) is -0.630. The van der Waals surface area contributed by atoms with Gasteiger partial charge in [-0.2, -0.15) is 0 Å². The van der Waals surface area contributed by atoms with E-state index in [0.717, 1.165) is 51.4 Å². The van der Waals surface area contributed by atoms with Crippen LogP contribution in [0.5, 0.6) is 0 Å². The fourth-order valence-corrected chi connectivity index (χ4v) is 7.49. The fraction of sp³-hybridized carbons (Fsp3) is 0.846. The van der Waals surface area contributed by atoms with E-state index < -0.39 is 12.1 Å². The molecule has 0 rings (SSSR count). The van der Waals surface area contributed by atoms with Crippen LogP contribution in [-0.2, 0) is 14.3 Å². The molecule has 0 aromatic carbocycles. The van der Waals surface area contributed by atoms with Gasteiger partial charge in [0.1, 0.15) is 0 Å². The van der Waals surface area contributed by atoms with Gasteiger partial charge < -0.3 is 20.3 Å². The number of carbonyl (C=O) groups is 2. The second-order valence-electron chi connectivity index (χ2n) is 17.1. The van der Waals surface area contributed by atoms with Crippen LogP contribution in [0.1, 0.15) is 258 Å². The predicted octanol–water partition coefficient (Wildman–Crippen LogP) is 14.9. The standard InChI is InChI=1S/C52H97NO5/c1-3-5-7-9-11-13-14-15-19-23-26-30-34-38-42-46-52(57)58-47-43-39-35-31-27-24-21-18-16-17-20-22-25-29-33-37-41-45-51(56)53-49(48-54)50(55)44-40-36-32-28-12-10-8-6-4-2/h11,13,15,19,40,44,49-50,54-55H,3-10,12,14,16-18,20-39,41-43,45-48H2,1-2H3,(H,53,56)/b13-11-,19-15-,44-40+. The Balaban J connectivity index is 3.42. The van der Waals surface area contributed by atoms with Gasteiger partial charge in [-0.25, -0.2) is 0 Å². The lowest BCUT2D eigenvalue weighted by atomic mass is 10.0. The van der Waals surface area contributed by atoms with Crippen molar-refractivity contribution in [2.24, 2.45) is 0 Å². The highest BCUT2D eigenvalue weighted by Crippen LogP contribution is 2.15. The Kier molecular flexibility index (Phi) is 46.2. The van der Waals surface area contributed by atoms with Crippen molar-refractivity contribution in [2.75, 3.05) is 13.2 Å². The van der Waals surface area contributed by atoms with Crippen LogP contribution in [-0.4, -0.2) is 47.4 Å². The molecule has 0 aromatic rings. The van der Waals surface area contributed by atoms with Crippen molar-refractivity contribution in [3.63, 3.8) is 0 Å². The van der Waals surface area contributed by atoms with E-state index in [-0.39, 0.29) is 18.5 Å². The molecule has 0 fully saturated rings. The minimum Gasteiger partial charge on any atom is -0.466 e. The molecule has 0 saturated carbocycles. The molecule has 0 heterocycles. The highest BCUT2D eigenvalue weighted by molar-refractivity contribution is 5.76. The third kappa shape index (κ3) is 43.7. The summed E-state index contributed by atoms with van der Waals surface area (Å²) in [5.74, 6) is -0.0879. The molecule has 3 N–H and O–H groups in total. The quantitative estimate of drug-likeness (QED) is 0.0323. The minimum atomic E-state index is -0.846. The second-order valence-corrected chi connectivity index (χ2v) is 17.1. The molecule has 0 aromatic heterocycles. The van der Waals surface area contributed by atoms with Crippen molar-refractivity contribution in [3.05, 3.63) is 36.5 Å². The van der Waals surface area contributed by atoms with E-state index in [4.69, 9.17) is 4.74 Å². The molecule has 0 aliphatic carbocycles. The van der Waals surface area contributed by atoms with Crippen molar-refractivity contribution in [1.82, 2.24) is 5.32 Å². The molecule has 58 heavy (non-hydrogen) atoms. The highest BCUT2D eigenvalue weighted by atomic mass is 16.5. The molecule has 340 valence electrons. The van der Waals surface area contributed by atoms with Crippen LogP contribution < -0.4 is 5.32 Å². The van der Waals surface area contributed by atoms with Gasteiger partial charge in [0, 0.05) is 12.8 Å². The Bertz CT molecular complexity index is 946. The molecule has 2 atom stereocenters. The van der Waals surface area contributed by atoms with Gasteiger partial charge in [-0.1, -0.05) is 217 Å². The first-order valence-electron chi connectivity index (χ1n) is 25.3. The maximum Gasteiger partial charge on any atom is 0.305 e. The number of allylic oxidation sites excluding steroid dienone is 5. The number of esters is 1. The molecular formula is C52H97NO5. The Morgan fingerprint density at radius 2 is 0.862 bits per heavy atom. The maximum absolute atomic E-state index is 12.4. The third-order valence-electron chi connectivity index (χ3n) is 11.4. The van der Waals surface area contributed by atoms with E-state index in [9.17, 15) is 19.8 Å². The van der Waals surface area contributed by atoms with Crippen LogP contribution in [0.2, 0.25) is 0 Å². The number of carbonyl (C=O) groups excluding carboxylic acids is 2. The first-order chi connectivity index (χ1) is 28.5. The Labute approximate surface area is 360 Å². The largest absolute Gasteiger partial charge is 0.466 e. The molecular weight excluding hydrogens is 719 g/mol. The molecule has 6 nitrogen and oxygen atoms in total. The minimum absolute atomic E-state index is 0.0105. The van der Waals surface area contributed by atoms with E-state index in [0.29, 0.717) is 19.4 Å². The van der Waals surface area contributed by atoms with E-state index in [1.54, 1.807) is 6.08 Å². The number of rotatable bonds is 46. The van der Waals surface area contributed by atoms with Gasteiger partial charge in [0.25, 0.3) is 0 Å². The molecule has 0 aliphatic heterocycles. The normalized spacial score (nSPS) is 13.0. The summed E-state index contributed by atoms with van der Waals surface area (Å²) in [5, 5.41) is 22.9. The zero-order valence-corrected chi connectivity index (χ0v) is 38.5. The van der Waals surface area contributed by atoms with E-state index >= 15 is 0 Å². The average molecular weight is 816 g/mol. The van der Waals surface area contributed by atoms with E-state index in [1.165, 1.54) is 180 Å². The summed E-state index contributed by atoms with van der Waals surface area (Å²) in [5.41, 5.74) is 0. The van der Waals surface area contributed by atoms with Gasteiger partial charge in [0.15, 0.2) is 0 Å². The molecule has 0 radical (unpaired) electrons. The monoisotopic (exact) mass is 816 g/mol. The van der Waals surface area contributed by atoms with Crippen LogP contribution in [0.25, 0.3) is 0 Å². The fourth-order valence-electron chi connectivity index (χ4n) is 7.49. The topological polar surface area (TPSA) is 95.9 Å². The molecule has 0 bridgehead atoms. The summed E-state index contributed by atoms with van der Waals surface area (Å²) in [4.78, 5) is 24.4. The lowest BCUT2D eigenvalue weighted by molar-refractivity contribution is -0.143. The second kappa shape index (κ2) is 47.8. The molecule has 0 saturated heterocycles. The molecule has 1 amide bonds. The summed E-state index contributed by atoms with van der Waals surface area (Å²) in [7, 11) is 0. The number of hydrogen-bond donors (Lipinski definition) is 3. The number of amides is 1. The van der Waals surface area contributed by atoms with Crippen LogP contribution in [0.4, 0.5) is 0 Å². The third-order valence-corrected chi connectivity index (χ3v) is 11.4. The van der Waals surface area contributed by atoms with Gasteiger partial charge >= 0.3 is 5.97 Å². The van der Waals surface area contributed by atoms with Crippen LogP contribution in [0, 0.1) is 0 Å². The first kappa shape index (κ1) is 56.1. The highest BCUT2D eigenvalue weighted by Gasteiger charge is 2.18. The van der Waals surface area contributed by atoms with Gasteiger partial charge in [0.2, 0.25) is 5.91 Å². The van der Waals surface area contributed by atoms with Crippen molar-refractivity contribution in [2.45, 2.75) is 270 Å². The summed E-state index contributed by atoms with van der Waals surface area (Å²) >= 11 is 0. The lowest BCUT2D eigenvalue weighted by Gasteiger charge is -2.20. The number of aliphatic hydroxyl groups excluding tert-OH is 2. The van der Waals surface area contributed by atoms with Crippen molar-refractivity contribution in [3.8, 4) is 0 Å². The van der Waals surface area contributed by atoms with Gasteiger partial charge in [-0.05, 0) is 64.2 Å². The van der Waals surface area contributed by atoms with E-state index in [2.05, 4.69) is 43.5 Å². The average Bonchev–Trinajstić information content (AvgIpc) is 3.22. The van der Waals surface area contributed by atoms with Gasteiger partial charge in [-0.15, -0.1) is 0 Å². The molecule has 0 aliphatic rings. The SMILES string of the molecule is CCCCC/C=C\C/C=C\CCCCCCCC(=O)OCCCCCCCCCCCCCCCCCCCC(=O)NC(CO)C(O)/C=C/CCCCCCCCC. The van der Waals surface area contributed by atoms with Crippen molar-refractivity contribution >= 4 is 11.9 Å². The van der Waals surface area contributed by atoms with Crippen LogP contribution in [0.15, 0.2) is 36.5 Å². The first-order valence-corrected chi connectivity index (χ1v) is 25.3. The van der Waals surface area contributed by atoms with E-state index in [1.807, 2.05) is 6.08 Å². The Morgan fingerprint density at radius 1 is 0.483 bits per heavy atom. The van der Waals surface area contributed by atoms with Crippen LogP contribution in [0.3, 0.4) is 0 Å². The maximum atomic E-state index is 12.4. The predicted molar refractivity (Wildman–Crippen MR) is 250 cm³/mol. The molecule has 6 heteroatoms. The molecule has 2 unspecified atom stereocenters. The van der Waals surface area contributed by atoms with Gasteiger partial charge in [-0.3, -0.25) is 9.59 Å². The summed E-state index contributed by atoms with van der Waals surface area (Å²) in [6.45, 7) is 4.82. The summed E-state index contributed by atoms with van der Waals surface area (Å²) < 4.78 is 5.46. The summed E-state index contributed by atoms with van der Waals surface area (Å²) in [6.07, 6.45) is 57.2. The van der Waals surface area contributed by atoms with Crippen LogP contribution >= 0.6 is 0 Å². The number of ether oxygens (including phenoxy) is 1. The number of aliphatic hydroxyl groups is 2. The number of hydrogen-bond acceptors (Lipinski definition) is 5. The Morgan fingerprint density at radius 3 is 1.34 bits per heavy atom. The zero-order valence-electron chi connectivity index (χ0n) is 38.5. The van der Waals surface area contributed by atoms with Crippen molar-refractivity contribution in [1.29, 1.82) is 0 Å². The number of unbranched alkanes of at least 4 members (excludes halogenated alkanes) is 31. The lowest BCUT2D eigenvalue weighted by Crippen LogP contribution is -2.45. The van der Waals surface area contributed by atoms with Gasteiger partial charge in [0.05, 0.1) is 25.4 Å². The zero-order chi connectivity index (χ0) is 42.3. The smallest absolute Gasteiger partial charge is 0.305 e. The molecule has 0 spiro atoms.